The summed E-state index contributed by atoms with van der Waals surface area (Å²) in [5, 5.41) is 20.4. The van der Waals surface area contributed by atoms with E-state index in [9.17, 15) is 9.90 Å². The molecule has 2 aromatic rings. The van der Waals surface area contributed by atoms with Gasteiger partial charge >= 0.3 is 0 Å². The van der Waals surface area contributed by atoms with Crippen molar-refractivity contribution in [2.24, 2.45) is 0 Å². The number of hydrogen-bond acceptors (Lipinski definition) is 5. The van der Waals surface area contributed by atoms with Crippen molar-refractivity contribution in [3.05, 3.63) is 33.5 Å². The van der Waals surface area contributed by atoms with Crippen LogP contribution in [0.25, 0.3) is 0 Å². The molecule has 0 unspecified atom stereocenters. The molecule has 0 fully saturated rings. The maximum atomic E-state index is 11.9. The Hall–Kier alpha value is -1.47. The fourth-order valence-corrected chi connectivity index (χ4v) is 1.83. The maximum Gasteiger partial charge on any atom is 0.187 e. The number of benzene rings is 1. The summed E-state index contributed by atoms with van der Waals surface area (Å²) in [6, 6.07) is 2.75. The van der Waals surface area contributed by atoms with Crippen LogP contribution in [0, 0.1) is 0 Å². The molecule has 0 amide bonds. The number of phenols is 1. The van der Waals surface area contributed by atoms with Gasteiger partial charge in [0.1, 0.15) is 12.3 Å². The summed E-state index contributed by atoms with van der Waals surface area (Å²) in [5.74, 6) is -0.292. The van der Waals surface area contributed by atoms with Gasteiger partial charge in [-0.15, -0.1) is 10.2 Å². The Kier molecular flexibility index (Phi) is 3.39. The van der Waals surface area contributed by atoms with Crippen molar-refractivity contribution in [2.45, 2.75) is 6.54 Å². The van der Waals surface area contributed by atoms with Crippen molar-refractivity contribution in [3.8, 4) is 5.75 Å². The topological polar surface area (TPSA) is 80.9 Å². The number of tetrazole rings is 1. The summed E-state index contributed by atoms with van der Waals surface area (Å²) in [6.45, 7) is -0.0586. The first-order valence-electron chi connectivity index (χ1n) is 4.50. The molecule has 0 aliphatic heterocycles. The molecular weight excluding hydrogens is 311 g/mol. The molecule has 0 spiro atoms. The summed E-state index contributed by atoms with van der Waals surface area (Å²) in [4.78, 5) is 13.0. The Bertz CT molecular complexity index is 558. The van der Waals surface area contributed by atoms with Crippen molar-refractivity contribution < 1.29 is 9.90 Å². The number of phenolic OH excluding ortho intramolecular Hbond substituents is 1. The van der Waals surface area contributed by atoms with E-state index < -0.39 is 0 Å². The first kappa shape index (κ1) is 12.0. The number of aromatic hydroxyl groups is 1. The fourth-order valence-electron chi connectivity index (χ4n) is 1.22. The number of rotatable bonds is 3. The number of halogens is 2. The molecule has 0 bridgehead atoms. The van der Waals surface area contributed by atoms with Crippen LogP contribution in [0.3, 0.4) is 0 Å². The van der Waals surface area contributed by atoms with E-state index in [0.29, 0.717) is 4.47 Å². The van der Waals surface area contributed by atoms with Gasteiger partial charge in [-0.25, -0.2) is 0 Å². The van der Waals surface area contributed by atoms with Gasteiger partial charge in [0.25, 0.3) is 0 Å². The Morgan fingerprint density at radius 3 is 2.94 bits per heavy atom. The van der Waals surface area contributed by atoms with Crippen molar-refractivity contribution >= 4 is 33.3 Å². The highest BCUT2D eigenvalue weighted by Gasteiger charge is 2.14. The van der Waals surface area contributed by atoms with E-state index in [-0.39, 0.29) is 28.7 Å². The molecule has 0 aliphatic rings. The molecule has 8 heteroatoms. The predicted octanol–water partition coefficient (Wildman–Crippen LogP) is 1.68. The first-order chi connectivity index (χ1) is 8.08. The number of carbonyl (C=O) groups is 1. The number of nitrogens with zero attached hydrogens (tertiary/aromatic N) is 4. The minimum atomic E-state index is -0.270. The molecule has 2 rings (SSSR count). The van der Waals surface area contributed by atoms with Gasteiger partial charge < -0.3 is 5.11 Å². The smallest absolute Gasteiger partial charge is 0.187 e. The van der Waals surface area contributed by atoms with Crippen molar-refractivity contribution in [1.82, 2.24) is 20.2 Å². The zero-order valence-corrected chi connectivity index (χ0v) is 10.7. The Morgan fingerprint density at radius 1 is 1.53 bits per heavy atom. The normalized spacial score (nSPS) is 10.5. The lowest BCUT2D eigenvalue weighted by molar-refractivity contribution is 0.0961. The second-order valence-electron chi connectivity index (χ2n) is 3.17. The van der Waals surface area contributed by atoms with Gasteiger partial charge in [0.15, 0.2) is 12.1 Å². The van der Waals surface area contributed by atoms with E-state index in [1.54, 1.807) is 0 Å². The van der Waals surface area contributed by atoms with Crippen LogP contribution in [0.5, 0.6) is 5.75 Å². The first-order valence-corrected chi connectivity index (χ1v) is 5.67. The van der Waals surface area contributed by atoms with Crippen LogP contribution in [0.15, 0.2) is 22.9 Å². The lowest BCUT2D eigenvalue weighted by Crippen LogP contribution is -2.13. The van der Waals surface area contributed by atoms with Crippen LogP contribution < -0.4 is 0 Å². The second-order valence-corrected chi connectivity index (χ2v) is 4.43. The van der Waals surface area contributed by atoms with Gasteiger partial charge in [-0.3, -0.25) is 4.79 Å². The zero-order valence-electron chi connectivity index (χ0n) is 8.34. The summed E-state index contributed by atoms with van der Waals surface area (Å²) in [7, 11) is 0. The largest absolute Gasteiger partial charge is 0.507 e. The third-order valence-corrected chi connectivity index (χ3v) is 2.96. The molecule has 1 aromatic heterocycles. The third-order valence-electron chi connectivity index (χ3n) is 2.01. The van der Waals surface area contributed by atoms with E-state index >= 15 is 0 Å². The monoisotopic (exact) mass is 316 g/mol. The van der Waals surface area contributed by atoms with Crippen molar-refractivity contribution in [3.63, 3.8) is 0 Å². The summed E-state index contributed by atoms with van der Waals surface area (Å²) in [5.41, 5.74) is 0.286. The Labute approximate surface area is 109 Å². The van der Waals surface area contributed by atoms with E-state index in [4.69, 9.17) is 11.6 Å². The Balaban J connectivity index is 2.28. The molecule has 17 heavy (non-hydrogen) atoms. The van der Waals surface area contributed by atoms with Crippen LogP contribution in [0.1, 0.15) is 10.4 Å². The average Bonchev–Trinajstić information content (AvgIpc) is 2.76. The summed E-state index contributed by atoms with van der Waals surface area (Å²) in [6.07, 6.45) is 1.24. The number of carbonyl (C=O) groups excluding carboxylic acids is 1. The van der Waals surface area contributed by atoms with Crippen LogP contribution >= 0.6 is 27.5 Å². The quantitative estimate of drug-likeness (QED) is 0.871. The highest BCUT2D eigenvalue weighted by molar-refractivity contribution is 9.10. The molecule has 0 saturated heterocycles. The maximum absolute atomic E-state index is 11.9. The second kappa shape index (κ2) is 4.80. The number of hydrogen-bond donors (Lipinski definition) is 1. The van der Waals surface area contributed by atoms with E-state index in [1.807, 2.05) is 0 Å². The van der Waals surface area contributed by atoms with Crippen molar-refractivity contribution in [2.75, 3.05) is 0 Å². The highest BCUT2D eigenvalue weighted by atomic mass is 79.9. The highest BCUT2D eigenvalue weighted by Crippen LogP contribution is 2.30. The molecule has 0 atom stereocenters. The van der Waals surface area contributed by atoms with Gasteiger partial charge in [-0.1, -0.05) is 11.6 Å². The van der Waals surface area contributed by atoms with Crippen molar-refractivity contribution in [1.29, 1.82) is 0 Å². The molecule has 88 valence electrons. The predicted molar refractivity (Wildman–Crippen MR) is 63.0 cm³/mol. The van der Waals surface area contributed by atoms with Crippen LogP contribution in [-0.4, -0.2) is 31.1 Å². The van der Waals surface area contributed by atoms with Gasteiger partial charge in [0, 0.05) is 11.6 Å². The van der Waals surface area contributed by atoms with Gasteiger partial charge in [0.2, 0.25) is 0 Å². The molecule has 0 aliphatic carbocycles. The average molecular weight is 318 g/mol. The molecular formula is C9H6BrClN4O2. The number of aromatic nitrogens is 4. The van der Waals surface area contributed by atoms with Gasteiger partial charge in [0.05, 0.1) is 9.50 Å². The van der Waals surface area contributed by atoms with E-state index in [0.717, 1.165) is 4.80 Å². The number of Topliss-reactive ketones (excluding diaryl/α,β-unsaturated/α-hetero) is 1. The molecule has 1 heterocycles. The molecule has 0 saturated carbocycles. The summed E-state index contributed by atoms with van der Waals surface area (Å²) >= 11 is 8.98. The Morgan fingerprint density at radius 2 is 2.29 bits per heavy atom. The standard InChI is InChI=1S/C9H6BrClN4O2/c10-6-1-5(7(11)2-8(6)16)9(17)3-15-13-4-12-14-15/h1-2,4,16H,3H2. The lowest BCUT2D eigenvalue weighted by atomic mass is 10.1. The van der Waals surface area contributed by atoms with Crippen LogP contribution in [-0.2, 0) is 6.54 Å². The van der Waals surface area contributed by atoms with E-state index in [1.165, 1.54) is 18.5 Å². The van der Waals surface area contributed by atoms with E-state index in [2.05, 4.69) is 31.3 Å². The zero-order chi connectivity index (χ0) is 12.4. The molecule has 1 aromatic carbocycles. The van der Waals surface area contributed by atoms with Gasteiger partial charge in [-0.2, -0.15) is 4.80 Å². The molecule has 6 nitrogen and oxygen atoms in total. The minimum Gasteiger partial charge on any atom is -0.507 e. The van der Waals surface area contributed by atoms with Gasteiger partial charge in [-0.05, 0) is 27.2 Å². The SMILES string of the molecule is O=C(Cn1ncnn1)c1cc(Br)c(O)cc1Cl. The number of ketones is 1. The van der Waals surface area contributed by atoms with Crippen LogP contribution in [0.2, 0.25) is 5.02 Å². The molecule has 1 N–H and O–H groups in total. The van der Waals surface area contributed by atoms with Crippen LogP contribution in [0.4, 0.5) is 0 Å². The lowest BCUT2D eigenvalue weighted by Gasteiger charge is -2.05. The fraction of sp³-hybridized carbons (Fsp3) is 0.111. The summed E-state index contributed by atoms with van der Waals surface area (Å²) < 4.78 is 0.400. The molecule has 0 radical (unpaired) electrons. The minimum absolute atomic E-state index is 0.0227. The third kappa shape index (κ3) is 2.62.